The lowest BCUT2D eigenvalue weighted by molar-refractivity contribution is 0.301. The first kappa shape index (κ1) is 13.9. The van der Waals surface area contributed by atoms with Crippen LogP contribution < -0.4 is 10.5 Å². The number of ether oxygens (including phenoxy) is 1. The van der Waals surface area contributed by atoms with E-state index >= 15 is 0 Å². The van der Waals surface area contributed by atoms with Crippen molar-refractivity contribution in [2.75, 3.05) is 0 Å². The Labute approximate surface area is 121 Å². The third kappa shape index (κ3) is 3.72. The number of halogens is 1. The van der Waals surface area contributed by atoms with E-state index in [0.29, 0.717) is 6.61 Å². The fourth-order valence-electron chi connectivity index (χ4n) is 1.76. The van der Waals surface area contributed by atoms with Gasteiger partial charge in [-0.3, -0.25) is 0 Å². The highest BCUT2D eigenvalue weighted by Crippen LogP contribution is 2.28. The van der Waals surface area contributed by atoms with Crippen LogP contribution in [0.15, 0.2) is 46.9 Å². The highest BCUT2D eigenvalue weighted by Gasteiger charge is 2.09. The summed E-state index contributed by atoms with van der Waals surface area (Å²) >= 11 is 3.43. The predicted molar refractivity (Wildman–Crippen MR) is 79.2 cm³/mol. The molecule has 2 rings (SSSR count). The third-order valence-corrected chi connectivity index (χ3v) is 3.29. The van der Waals surface area contributed by atoms with Crippen LogP contribution in [0.2, 0.25) is 0 Å². The van der Waals surface area contributed by atoms with Gasteiger partial charge < -0.3 is 15.6 Å². The number of rotatable bonds is 4. The Kier molecular flexibility index (Phi) is 4.45. The van der Waals surface area contributed by atoms with Gasteiger partial charge in [-0.25, -0.2) is 0 Å². The Morgan fingerprint density at radius 3 is 2.53 bits per heavy atom. The average molecular weight is 322 g/mol. The number of phenols is 1. The van der Waals surface area contributed by atoms with Crippen LogP contribution in [-0.2, 0) is 6.61 Å². The maximum absolute atomic E-state index is 9.23. The summed E-state index contributed by atoms with van der Waals surface area (Å²) in [4.78, 5) is 0. The van der Waals surface area contributed by atoms with E-state index in [-0.39, 0.29) is 11.8 Å². The summed E-state index contributed by atoms with van der Waals surface area (Å²) in [7, 11) is 0. The van der Waals surface area contributed by atoms with E-state index in [2.05, 4.69) is 15.9 Å². The Balaban J connectivity index is 2.14. The lowest BCUT2D eigenvalue weighted by atomic mass is 10.1. The first-order chi connectivity index (χ1) is 9.06. The van der Waals surface area contributed by atoms with Gasteiger partial charge in [0.25, 0.3) is 0 Å². The van der Waals surface area contributed by atoms with Gasteiger partial charge in [-0.05, 0) is 36.8 Å². The van der Waals surface area contributed by atoms with E-state index in [0.717, 1.165) is 21.3 Å². The topological polar surface area (TPSA) is 55.5 Å². The first-order valence-corrected chi connectivity index (χ1v) is 6.81. The molecular formula is C15H16BrNO2. The van der Waals surface area contributed by atoms with Crippen molar-refractivity contribution in [3.05, 3.63) is 58.1 Å². The maximum atomic E-state index is 9.23. The molecule has 0 aliphatic rings. The summed E-state index contributed by atoms with van der Waals surface area (Å²) in [5.41, 5.74) is 7.89. The Morgan fingerprint density at radius 2 is 1.89 bits per heavy atom. The van der Waals surface area contributed by atoms with Gasteiger partial charge >= 0.3 is 0 Å². The molecule has 0 aliphatic carbocycles. The van der Waals surface area contributed by atoms with Gasteiger partial charge in [0.1, 0.15) is 18.1 Å². The Hall–Kier alpha value is -1.52. The molecule has 100 valence electrons. The molecule has 0 bridgehead atoms. The van der Waals surface area contributed by atoms with Crippen LogP contribution in [0.4, 0.5) is 0 Å². The largest absolute Gasteiger partial charge is 0.508 e. The Bertz CT molecular complexity index is 553. The highest BCUT2D eigenvalue weighted by atomic mass is 79.9. The van der Waals surface area contributed by atoms with E-state index in [1.807, 2.05) is 37.3 Å². The molecule has 1 atom stereocenters. The zero-order valence-electron chi connectivity index (χ0n) is 10.6. The van der Waals surface area contributed by atoms with Crippen LogP contribution in [0, 0.1) is 0 Å². The number of hydrogen-bond donors (Lipinski definition) is 2. The van der Waals surface area contributed by atoms with Crippen LogP contribution in [0.1, 0.15) is 24.1 Å². The minimum absolute atomic E-state index is 0.0806. The molecule has 0 amide bonds. The highest BCUT2D eigenvalue weighted by molar-refractivity contribution is 9.10. The van der Waals surface area contributed by atoms with Crippen molar-refractivity contribution in [1.82, 2.24) is 0 Å². The summed E-state index contributed by atoms with van der Waals surface area (Å²) in [6, 6.07) is 12.7. The molecule has 0 aromatic heterocycles. The molecule has 0 saturated heterocycles. The number of phenolic OH excluding ortho intramolecular Hbond substituents is 1. The number of nitrogens with two attached hydrogens (primary N) is 1. The zero-order valence-corrected chi connectivity index (χ0v) is 12.2. The van der Waals surface area contributed by atoms with Crippen LogP contribution in [0.5, 0.6) is 11.5 Å². The quantitative estimate of drug-likeness (QED) is 0.901. The molecule has 3 nitrogen and oxygen atoms in total. The van der Waals surface area contributed by atoms with Gasteiger partial charge in [0.05, 0.1) is 0 Å². The second kappa shape index (κ2) is 6.08. The van der Waals surface area contributed by atoms with E-state index in [4.69, 9.17) is 10.5 Å². The monoisotopic (exact) mass is 321 g/mol. The molecule has 4 heteroatoms. The summed E-state index contributed by atoms with van der Waals surface area (Å²) < 4.78 is 6.77. The molecule has 1 unspecified atom stereocenters. The van der Waals surface area contributed by atoms with E-state index in [9.17, 15) is 5.11 Å². The van der Waals surface area contributed by atoms with Crippen LogP contribution in [0.3, 0.4) is 0 Å². The molecule has 2 aromatic carbocycles. The second-order valence-electron chi connectivity index (χ2n) is 4.43. The molecule has 0 saturated carbocycles. The zero-order chi connectivity index (χ0) is 13.8. The Morgan fingerprint density at radius 1 is 1.21 bits per heavy atom. The van der Waals surface area contributed by atoms with Crippen molar-refractivity contribution in [3.63, 3.8) is 0 Å². The van der Waals surface area contributed by atoms with E-state index in [1.54, 1.807) is 12.1 Å². The minimum Gasteiger partial charge on any atom is -0.508 e. The average Bonchev–Trinajstić information content (AvgIpc) is 2.38. The molecular weight excluding hydrogens is 306 g/mol. The molecule has 2 aromatic rings. The smallest absolute Gasteiger partial charge is 0.125 e. The lowest BCUT2D eigenvalue weighted by Crippen LogP contribution is -2.08. The van der Waals surface area contributed by atoms with Crippen LogP contribution in [-0.4, -0.2) is 5.11 Å². The predicted octanol–water partition coefficient (Wildman–Crippen LogP) is 3.75. The van der Waals surface area contributed by atoms with Crippen molar-refractivity contribution in [3.8, 4) is 11.5 Å². The third-order valence-electron chi connectivity index (χ3n) is 2.80. The number of hydrogen-bond acceptors (Lipinski definition) is 3. The summed E-state index contributed by atoms with van der Waals surface area (Å²) in [6.45, 7) is 2.37. The lowest BCUT2D eigenvalue weighted by Gasteiger charge is -2.14. The molecule has 19 heavy (non-hydrogen) atoms. The fraction of sp³-hybridized carbons (Fsp3) is 0.200. The van der Waals surface area contributed by atoms with Gasteiger partial charge in [-0.1, -0.05) is 34.1 Å². The van der Waals surface area contributed by atoms with Crippen molar-refractivity contribution in [1.29, 1.82) is 0 Å². The number of benzene rings is 2. The molecule has 0 fully saturated rings. The second-order valence-corrected chi connectivity index (χ2v) is 5.34. The normalized spacial score (nSPS) is 12.2. The molecule has 0 radical (unpaired) electrons. The molecule has 3 N–H and O–H groups in total. The minimum atomic E-state index is -0.0806. The van der Waals surface area contributed by atoms with Crippen LogP contribution in [0.25, 0.3) is 0 Å². The maximum Gasteiger partial charge on any atom is 0.125 e. The number of aromatic hydroxyl groups is 1. The summed E-state index contributed by atoms with van der Waals surface area (Å²) in [5.74, 6) is 1.03. The summed E-state index contributed by atoms with van der Waals surface area (Å²) in [6.07, 6.45) is 0. The van der Waals surface area contributed by atoms with Crippen molar-refractivity contribution >= 4 is 15.9 Å². The van der Waals surface area contributed by atoms with Crippen LogP contribution >= 0.6 is 15.9 Å². The van der Waals surface area contributed by atoms with Crippen molar-refractivity contribution in [2.24, 2.45) is 5.73 Å². The molecule has 0 heterocycles. The van der Waals surface area contributed by atoms with Gasteiger partial charge in [0.15, 0.2) is 0 Å². The summed E-state index contributed by atoms with van der Waals surface area (Å²) in [5, 5.41) is 9.23. The molecule has 0 aliphatic heterocycles. The first-order valence-electron chi connectivity index (χ1n) is 6.02. The van der Waals surface area contributed by atoms with Gasteiger partial charge in [-0.2, -0.15) is 0 Å². The molecule has 0 spiro atoms. The van der Waals surface area contributed by atoms with Crippen molar-refractivity contribution < 1.29 is 9.84 Å². The van der Waals surface area contributed by atoms with E-state index in [1.165, 1.54) is 0 Å². The fourth-order valence-corrected chi connectivity index (χ4v) is 2.10. The van der Waals surface area contributed by atoms with E-state index < -0.39 is 0 Å². The van der Waals surface area contributed by atoms with Gasteiger partial charge in [-0.15, -0.1) is 0 Å². The van der Waals surface area contributed by atoms with Gasteiger partial charge in [0, 0.05) is 16.1 Å². The SMILES string of the molecule is CC(N)c1ccc(Br)cc1OCc1ccc(O)cc1. The van der Waals surface area contributed by atoms with Gasteiger partial charge in [0.2, 0.25) is 0 Å². The van der Waals surface area contributed by atoms with Crippen molar-refractivity contribution in [2.45, 2.75) is 19.6 Å². The standard InChI is InChI=1S/C15H16BrNO2/c1-10(17)14-7-4-12(16)8-15(14)19-9-11-2-5-13(18)6-3-11/h2-8,10,18H,9,17H2,1H3.